The summed E-state index contributed by atoms with van der Waals surface area (Å²) in [7, 11) is 0. The van der Waals surface area contributed by atoms with Gasteiger partial charge in [0.25, 0.3) is 0 Å². The van der Waals surface area contributed by atoms with Gasteiger partial charge in [0.1, 0.15) is 5.58 Å². The van der Waals surface area contributed by atoms with Gasteiger partial charge >= 0.3 is 0 Å². The highest BCUT2D eigenvalue weighted by atomic mass is 79.9. The van der Waals surface area contributed by atoms with Crippen molar-refractivity contribution in [3.05, 3.63) is 64.6 Å². The van der Waals surface area contributed by atoms with E-state index in [2.05, 4.69) is 20.9 Å². The summed E-state index contributed by atoms with van der Waals surface area (Å²) in [5.41, 5.74) is 1.60. The number of nitrogens with zero attached hydrogens (tertiary/aromatic N) is 1. The molecule has 0 atom stereocenters. The lowest BCUT2D eigenvalue weighted by molar-refractivity contribution is 0.0968. The number of hydrogen-bond acceptors (Lipinski definition) is 3. The molecule has 3 nitrogen and oxygen atoms in total. The Morgan fingerprint density at radius 2 is 2.05 bits per heavy atom. The van der Waals surface area contributed by atoms with Crippen LogP contribution in [0.5, 0.6) is 0 Å². The molecule has 0 saturated carbocycles. The number of rotatable bonds is 3. The van der Waals surface area contributed by atoms with Crippen LogP contribution in [-0.2, 0) is 6.42 Å². The zero-order valence-electron chi connectivity index (χ0n) is 9.97. The highest BCUT2D eigenvalue weighted by molar-refractivity contribution is 9.10. The lowest BCUT2D eigenvalue weighted by Gasteiger charge is -1.98. The first-order valence-corrected chi connectivity index (χ1v) is 6.63. The Kier molecular flexibility index (Phi) is 3.17. The number of carbonyl (C=O) groups is 1. The van der Waals surface area contributed by atoms with Gasteiger partial charge in [0, 0.05) is 28.7 Å². The number of ketones is 1. The van der Waals surface area contributed by atoms with Crippen LogP contribution in [0.15, 0.2) is 57.7 Å². The topological polar surface area (TPSA) is 43.1 Å². The van der Waals surface area contributed by atoms with Crippen molar-refractivity contribution in [3.8, 4) is 0 Å². The second-order valence-corrected chi connectivity index (χ2v) is 5.18. The Morgan fingerprint density at radius 3 is 2.84 bits per heavy atom. The maximum absolute atomic E-state index is 12.2. The summed E-state index contributed by atoms with van der Waals surface area (Å²) in [4.78, 5) is 16.2. The number of furan rings is 1. The van der Waals surface area contributed by atoms with E-state index < -0.39 is 0 Å². The molecule has 0 amide bonds. The van der Waals surface area contributed by atoms with Gasteiger partial charge < -0.3 is 4.42 Å². The number of aromatic nitrogens is 1. The molecule has 3 rings (SSSR count). The fourth-order valence-electron chi connectivity index (χ4n) is 1.94. The van der Waals surface area contributed by atoms with E-state index in [-0.39, 0.29) is 12.2 Å². The van der Waals surface area contributed by atoms with Crippen molar-refractivity contribution in [1.29, 1.82) is 0 Å². The third kappa shape index (κ3) is 2.58. The molecule has 0 spiro atoms. The zero-order chi connectivity index (χ0) is 13.2. The minimum Gasteiger partial charge on any atom is -0.453 e. The van der Waals surface area contributed by atoms with Crippen molar-refractivity contribution in [2.24, 2.45) is 0 Å². The molecule has 0 N–H and O–H groups in total. The third-order valence-corrected chi connectivity index (χ3v) is 3.26. The number of fused-ring (bicyclic) bond motifs is 1. The Hall–Kier alpha value is -1.94. The molecule has 4 heteroatoms. The molecule has 0 aliphatic rings. The fourth-order valence-corrected chi connectivity index (χ4v) is 2.36. The third-order valence-electron chi connectivity index (χ3n) is 2.83. The highest BCUT2D eigenvalue weighted by Gasteiger charge is 2.13. The van der Waals surface area contributed by atoms with Crippen molar-refractivity contribution in [1.82, 2.24) is 4.98 Å². The molecule has 3 aromatic rings. The standard InChI is InChI=1S/C15H10BrNO2/c16-12-5-10(8-17-9-12)6-13(18)15-7-11-3-1-2-4-14(11)19-15/h1-5,7-9H,6H2. The van der Waals surface area contributed by atoms with E-state index in [1.165, 1.54) is 0 Å². The molecule has 0 fully saturated rings. The summed E-state index contributed by atoms with van der Waals surface area (Å²) < 4.78 is 6.41. The van der Waals surface area contributed by atoms with Gasteiger partial charge in [0.05, 0.1) is 0 Å². The minimum absolute atomic E-state index is 0.0453. The number of carbonyl (C=O) groups excluding carboxylic acids is 1. The van der Waals surface area contributed by atoms with E-state index in [9.17, 15) is 4.79 Å². The first-order chi connectivity index (χ1) is 9.22. The van der Waals surface area contributed by atoms with Crippen LogP contribution in [0.1, 0.15) is 16.1 Å². The Morgan fingerprint density at radius 1 is 1.21 bits per heavy atom. The lowest BCUT2D eigenvalue weighted by atomic mass is 10.1. The van der Waals surface area contributed by atoms with Crippen LogP contribution in [-0.4, -0.2) is 10.8 Å². The van der Waals surface area contributed by atoms with Crippen molar-refractivity contribution in [3.63, 3.8) is 0 Å². The maximum atomic E-state index is 12.2. The summed E-state index contributed by atoms with van der Waals surface area (Å²) in [5, 5.41) is 0.943. The van der Waals surface area contributed by atoms with Crippen LogP contribution in [0.2, 0.25) is 0 Å². The van der Waals surface area contributed by atoms with E-state index in [1.54, 1.807) is 18.5 Å². The summed E-state index contributed by atoms with van der Waals surface area (Å²) in [6.45, 7) is 0. The average Bonchev–Trinajstić information content (AvgIpc) is 2.82. The quantitative estimate of drug-likeness (QED) is 0.686. The molecule has 2 aromatic heterocycles. The zero-order valence-corrected chi connectivity index (χ0v) is 11.6. The second kappa shape index (κ2) is 4.97. The van der Waals surface area contributed by atoms with Gasteiger partial charge in [-0.25, -0.2) is 0 Å². The fraction of sp³-hybridized carbons (Fsp3) is 0.0667. The van der Waals surface area contributed by atoms with Crippen molar-refractivity contribution in [2.45, 2.75) is 6.42 Å². The van der Waals surface area contributed by atoms with Crippen molar-refractivity contribution >= 4 is 32.7 Å². The van der Waals surface area contributed by atoms with Gasteiger partial charge in [0.15, 0.2) is 5.76 Å². The van der Waals surface area contributed by atoms with E-state index >= 15 is 0 Å². The van der Waals surface area contributed by atoms with E-state index in [4.69, 9.17) is 4.42 Å². The molecule has 0 radical (unpaired) electrons. The van der Waals surface area contributed by atoms with Crippen LogP contribution in [0.25, 0.3) is 11.0 Å². The van der Waals surface area contributed by atoms with Crippen LogP contribution < -0.4 is 0 Å². The van der Waals surface area contributed by atoms with Gasteiger partial charge in [-0.05, 0) is 39.7 Å². The molecule has 0 unspecified atom stereocenters. The van der Waals surface area contributed by atoms with Crippen molar-refractivity contribution in [2.75, 3.05) is 0 Å². The molecule has 2 heterocycles. The lowest BCUT2D eigenvalue weighted by Crippen LogP contribution is -2.02. The summed E-state index contributed by atoms with van der Waals surface area (Å²) in [5.74, 6) is 0.345. The summed E-state index contributed by atoms with van der Waals surface area (Å²) >= 11 is 3.34. The second-order valence-electron chi connectivity index (χ2n) is 4.26. The van der Waals surface area contributed by atoms with Crippen molar-refractivity contribution < 1.29 is 9.21 Å². The predicted molar refractivity (Wildman–Crippen MR) is 76.2 cm³/mol. The molecular weight excluding hydrogens is 306 g/mol. The van der Waals surface area contributed by atoms with Gasteiger partial charge in [-0.15, -0.1) is 0 Å². The number of halogens is 1. The van der Waals surface area contributed by atoms with Crippen LogP contribution in [0, 0.1) is 0 Å². The normalized spacial score (nSPS) is 10.8. The largest absolute Gasteiger partial charge is 0.453 e. The monoisotopic (exact) mass is 315 g/mol. The molecule has 0 aliphatic heterocycles. The molecule has 1 aromatic carbocycles. The summed E-state index contributed by atoms with van der Waals surface area (Å²) in [6.07, 6.45) is 3.66. The first-order valence-electron chi connectivity index (χ1n) is 5.83. The van der Waals surface area contributed by atoms with E-state index in [1.807, 2.05) is 30.3 Å². The number of pyridine rings is 1. The van der Waals surface area contributed by atoms with Gasteiger partial charge in [-0.2, -0.15) is 0 Å². The van der Waals surface area contributed by atoms with E-state index in [0.29, 0.717) is 5.76 Å². The summed E-state index contributed by atoms with van der Waals surface area (Å²) in [6, 6.07) is 11.3. The Balaban J connectivity index is 1.87. The number of para-hydroxylation sites is 1. The Labute approximate surface area is 118 Å². The van der Waals surface area contributed by atoms with Crippen LogP contribution in [0.4, 0.5) is 0 Å². The molecule has 94 valence electrons. The highest BCUT2D eigenvalue weighted by Crippen LogP contribution is 2.20. The number of Topliss-reactive ketones (excluding diaryl/α,β-unsaturated/α-hetero) is 1. The van der Waals surface area contributed by atoms with Crippen LogP contribution >= 0.6 is 15.9 Å². The molecule has 0 saturated heterocycles. The van der Waals surface area contributed by atoms with Gasteiger partial charge in [-0.3, -0.25) is 9.78 Å². The maximum Gasteiger partial charge on any atom is 0.202 e. The Bertz CT molecular complexity index is 715. The van der Waals surface area contributed by atoms with Gasteiger partial charge in [-0.1, -0.05) is 18.2 Å². The van der Waals surface area contributed by atoms with Gasteiger partial charge in [0.2, 0.25) is 5.78 Å². The molecular formula is C15H10BrNO2. The number of hydrogen-bond donors (Lipinski definition) is 0. The number of benzene rings is 1. The molecule has 19 heavy (non-hydrogen) atoms. The smallest absolute Gasteiger partial charge is 0.202 e. The van der Waals surface area contributed by atoms with E-state index in [0.717, 1.165) is 21.0 Å². The first kappa shape index (κ1) is 12.1. The van der Waals surface area contributed by atoms with Crippen LogP contribution in [0.3, 0.4) is 0 Å². The predicted octanol–water partition coefficient (Wildman–Crippen LogP) is 4.02. The molecule has 0 bridgehead atoms. The average molecular weight is 316 g/mol. The minimum atomic E-state index is -0.0453. The molecule has 0 aliphatic carbocycles. The SMILES string of the molecule is O=C(Cc1cncc(Br)c1)c1cc2ccccc2o1.